The number of ether oxygens (including phenoxy) is 3. The van der Waals surface area contributed by atoms with Gasteiger partial charge in [-0.05, 0) is 40.2 Å². The quantitative estimate of drug-likeness (QED) is 0.377. The molecule has 170 valence electrons. The predicted octanol–water partition coefficient (Wildman–Crippen LogP) is 1.83. The lowest BCUT2D eigenvalue weighted by atomic mass is 10.1. The van der Waals surface area contributed by atoms with Gasteiger partial charge in [-0.1, -0.05) is 30.3 Å². The molecule has 0 saturated carbocycles. The second-order valence-corrected chi connectivity index (χ2v) is 8.03. The average Bonchev–Trinajstić information content (AvgIpc) is 3.42. The summed E-state index contributed by atoms with van der Waals surface area (Å²) in [5.41, 5.74) is 0.0322. The number of amides is 2. The summed E-state index contributed by atoms with van der Waals surface area (Å²) >= 11 is 0. The van der Waals surface area contributed by atoms with Crippen molar-refractivity contribution in [3.63, 3.8) is 0 Å². The molecule has 0 radical (unpaired) electrons. The lowest BCUT2D eigenvalue weighted by Crippen LogP contribution is -2.48. The van der Waals surface area contributed by atoms with Crippen LogP contribution in [0.4, 0.5) is 4.79 Å². The Bertz CT molecular complexity index is 780. The molecular formula is C22H30N2O7. The van der Waals surface area contributed by atoms with E-state index in [0.29, 0.717) is 0 Å². The van der Waals surface area contributed by atoms with Crippen LogP contribution in [0.5, 0.6) is 0 Å². The summed E-state index contributed by atoms with van der Waals surface area (Å²) < 4.78 is 15.3. The Morgan fingerprint density at radius 2 is 1.48 bits per heavy atom. The van der Waals surface area contributed by atoms with E-state index in [1.165, 1.54) is 0 Å². The number of rotatable bonds is 8. The third kappa shape index (κ3) is 6.70. The highest BCUT2D eigenvalue weighted by Crippen LogP contribution is 2.32. The maximum Gasteiger partial charge on any atom is 0.408 e. The Balaban J connectivity index is 2.25. The van der Waals surface area contributed by atoms with Crippen LogP contribution in [0.25, 0.3) is 0 Å². The molecule has 0 spiro atoms. The first-order valence-corrected chi connectivity index (χ1v) is 10.3. The number of nitrogens with one attached hydrogen (secondary N) is 1. The summed E-state index contributed by atoms with van der Waals surface area (Å²) in [6.45, 7) is 8.60. The Kier molecular flexibility index (Phi) is 8.01. The third-order valence-electron chi connectivity index (χ3n) is 4.39. The van der Waals surface area contributed by atoms with Crippen LogP contribution in [0.2, 0.25) is 0 Å². The number of esters is 2. The van der Waals surface area contributed by atoms with Gasteiger partial charge < -0.3 is 24.4 Å². The van der Waals surface area contributed by atoms with Gasteiger partial charge in [0.1, 0.15) is 11.6 Å². The lowest BCUT2D eigenvalue weighted by molar-refractivity contribution is -0.147. The van der Waals surface area contributed by atoms with Crippen molar-refractivity contribution in [1.29, 1.82) is 0 Å². The number of hydrogen-bond acceptors (Lipinski definition) is 7. The zero-order valence-corrected chi connectivity index (χ0v) is 18.5. The van der Waals surface area contributed by atoms with Gasteiger partial charge in [-0.2, -0.15) is 0 Å². The number of carbonyl (C=O) groups is 4. The molecule has 1 N–H and O–H groups in total. The normalized spacial score (nSPS) is 18.5. The molecule has 1 aromatic rings. The van der Waals surface area contributed by atoms with E-state index in [1.807, 2.05) is 30.3 Å². The van der Waals surface area contributed by atoms with E-state index in [0.717, 1.165) is 10.5 Å². The first kappa shape index (κ1) is 24.2. The fraction of sp³-hybridized carbons (Fsp3) is 0.545. The minimum atomic E-state index is -1.08. The first-order valence-electron chi connectivity index (χ1n) is 10.3. The van der Waals surface area contributed by atoms with E-state index in [2.05, 4.69) is 5.32 Å². The molecule has 0 aliphatic carbocycles. The molecule has 31 heavy (non-hydrogen) atoms. The van der Waals surface area contributed by atoms with Crippen molar-refractivity contribution < 1.29 is 33.4 Å². The van der Waals surface area contributed by atoms with Crippen molar-refractivity contribution in [2.45, 2.75) is 64.8 Å². The van der Waals surface area contributed by atoms with E-state index in [1.54, 1.807) is 34.6 Å². The van der Waals surface area contributed by atoms with Crippen molar-refractivity contribution >= 4 is 23.9 Å². The molecule has 9 nitrogen and oxygen atoms in total. The zero-order valence-electron chi connectivity index (χ0n) is 18.5. The largest absolute Gasteiger partial charge is 0.464 e. The van der Waals surface area contributed by atoms with Crippen LogP contribution in [-0.4, -0.2) is 65.8 Å². The third-order valence-corrected chi connectivity index (χ3v) is 4.39. The standard InChI is InChI=1S/C22H30N2O7/c1-6-29-19(26)16-17(20(27)30-7-2)24(16)18(25)15(13-14-11-9-8-10-12-14)23-21(28)31-22(3,4)5/h8-12,15-17H,6-7,13H2,1-5H3,(H,23,28)/t15-,16-,17+,24?/m0/s1. The van der Waals surface area contributed by atoms with E-state index in [-0.39, 0.29) is 19.6 Å². The van der Waals surface area contributed by atoms with Gasteiger partial charge in [-0.3, -0.25) is 4.79 Å². The van der Waals surface area contributed by atoms with Crippen molar-refractivity contribution in [3.05, 3.63) is 35.9 Å². The average molecular weight is 434 g/mol. The molecule has 3 atom stereocenters. The Morgan fingerprint density at radius 1 is 0.968 bits per heavy atom. The van der Waals surface area contributed by atoms with Gasteiger partial charge in [-0.15, -0.1) is 0 Å². The molecule has 1 heterocycles. The van der Waals surface area contributed by atoms with E-state index < -0.39 is 47.7 Å². The van der Waals surface area contributed by atoms with Crippen LogP contribution in [0, 0.1) is 0 Å². The van der Waals surface area contributed by atoms with Crippen LogP contribution in [0.1, 0.15) is 40.2 Å². The number of hydrogen-bond donors (Lipinski definition) is 1. The molecule has 1 aliphatic rings. The Morgan fingerprint density at radius 3 is 1.94 bits per heavy atom. The Labute approximate surface area is 182 Å². The number of benzene rings is 1. The number of alkyl carbamates (subject to hydrolysis) is 1. The van der Waals surface area contributed by atoms with Crippen molar-refractivity contribution in [2.24, 2.45) is 0 Å². The van der Waals surface area contributed by atoms with E-state index in [4.69, 9.17) is 14.2 Å². The molecule has 0 bridgehead atoms. The summed E-state index contributed by atoms with van der Waals surface area (Å²) in [6, 6.07) is 5.87. The van der Waals surface area contributed by atoms with Crippen LogP contribution >= 0.6 is 0 Å². The van der Waals surface area contributed by atoms with Gasteiger partial charge >= 0.3 is 18.0 Å². The smallest absolute Gasteiger partial charge is 0.408 e. The lowest BCUT2D eigenvalue weighted by Gasteiger charge is -2.23. The highest BCUT2D eigenvalue weighted by molar-refractivity contribution is 6.02. The van der Waals surface area contributed by atoms with Gasteiger partial charge in [0.2, 0.25) is 5.91 Å². The summed E-state index contributed by atoms with van der Waals surface area (Å²) in [5, 5.41) is 2.57. The number of carbonyl (C=O) groups excluding carboxylic acids is 4. The summed E-state index contributed by atoms with van der Waals surface area (Å²) in [7, 11) is 0. The van der Waals surface area contributed by atoms with E-state index >= 15 is 0 Å². The van der Waals surface area contributed by atoms with Crippen molar-refractivity contribution in [1.82, 2.24) is 10.2 Å². The molecule has 1 fully saturated rings. The molecular weight excluding hydrogens is 404 g/mol. The van der Waals surface area contributed by atoms with Gasteiger partial charge in [0.25, 0.3) is 0 Å². The molecule has 1 aliphatic heterocycles. The van der Waals surface area contributed by atoms with Gasteiger partial charge in [0, 0.05) is 6.42 Å². The van der Waals surface area contributed by atoms with Gasteiger partial charge in [0.05, 0.1) is 13.2 Å². The molecule has 0 unspecified atom stereocenters. The molecule has 2 rings (SSSR count). The minimum Gasteiger partial charge on any atom is -0.464 e. The van der Waals surface area contributed by atoms with Crippen LogP contribution in [-0.2, 0) is 35.0 Å². The minimum absolute atomic E-state index is 0.108. The van der Waals surface area contributed by atoms with Gasteiger partial charge in [0.15, 0.2) is 12.1 Å². The van der Waals surface area contributed by atoms with Crippen LogP contribution < -0.4 is 5.32 Å². The number of nitrogens with zero attached hydrogens (tertiary/aromatic N) is 1. The van der Waals surface area contributed by atoms with Gasteiger partial charge in [-0.25, -0.2) is 14.4 Å². The second-order valence-electron chi connectivity index (χ2n) is 8.03. The highest BCUT2D eigenvalue weighted by Gasteiger charge is 2.62. The molecule has 2 amide bonds. The fourth-order valence-corrected chi connectivity index (χ4v) is 3.13. The maximum absolute atomic E-state index is 13.3. The van der Waals surface area contributed by atoms with Crippen molar-refractivity contribution in [2.75, 3.05) is 13.2 Å². The monoisotopic (exact) mass is 434 g/mol. The fourth-order valence-electron chi connectivity index (χ4n) is 3.13. The summed E-state index contributed by atoms with van der Waals surface area (Å²) in [4.78, 5) is 51.3. The van der Waals surface area contributed by atoms with E-state index in [9.17, 15) is 19.2 Å². The Hall–Kier alpha value is -3.10. The van der Waals surface area contributed by atoms with Crippen molar-refractivity contribution in [3.8, 4) is 0 Å². The maximum atomic E-state index is 13.3. The predicted molar refractivity (Wildman–Crippen MR) is 111 cm³/mol. The first-order chi connectivity index (χ1) is 14.6. The molecule has 1 aromatic carbocycles. The second kappa shape index (κ2) is 10.3. The van der Waals surface area contributed by atoms with Crippen LogP contribution in [0.3, 0.4) is 0 Å². The highest BCUT2D eigenvalue weighted by atomic mass is 16.6. The summed E-state index contributed by atoms with van der Waals surface area (Å²) in [6.07, 6.45) is -0.621. The topological polar surface area (TPSA) is 111 Å². The molecule has 1 saturated heterocycles. The molecule has 9 heteroatoms. The van der Waals surface area contributed by atoms with Crippen LogP contribution in [0.15, 0.2) is 30.3 Å². The SMILES string of the molecule is CCOC(=O)[C@@H]1[C@H](C(=O)OCC)N1C(=O)[C@H](Cc1ccccc1)NC(=O)OC(C)(C)C. The summed E-state index contributed by atoms with van der Waals surface area (Å²) in [5.74, 6) is -1.97. The molecule has 0 aromatic heterocycles. The zero-order chi connectivity index (χ0) is 23.2.